The predicted octanol–water partition coefficient (Wildman–Crippen LogP) is 4.90. The third-order valence-corrected chi connectivity index (χ3v) is 5.63. The first-order chi connectivity index (χ1) is 13.3. The van der Waals surface area contributed by atoms with Gasteiger partial charge in [-0.1, -0.05) is 6.07 Å². The normalized spacial score (nSPS) is 10.7. The molecule has 0 fully saturated rings. The topological polar surface area (TPSA) is 67.8 Å². The van der Waals surface area contributed by atoms with Crippen LogP contribution in [-0.4, -0.2) is 20.9 Å². The highest BCUT2D eigenvalue weighted by Crippen LogP contribution is 2.24. The van der Waals surface area contributed by atoms with Crippen LogP contribution in [0.15, 0.2) is 65.6 Å². The number of carbonyl (C=O) groups excluding carboxylic acids is 1. The lowest BCUT2D eigenvalue weighted by atomic mass is 10.2. The highest BCUT2D eigenvalue weighted by atomic mass is 32.1. The van der Waals surface area contributed by atoms with Crippen molar-refractivity contribution >= 4 is 34.3 Å². The Labute approximate surface area is 164 Å². The number of aromatic nitrogens is 3. The largest absolute Gasteiger partial charge is 0.326 e. The van der Waals surface area contributed by atoms with Gasteiger partial charge in [0.05, 0.1) is 11.4 Å². The number of anilines is 1. The number of rotatable bonds is 6. The maximum atomic E-state index is 12.2. The Hall–Kier alpha value is -2.90. The summed E-state index contributed by atoms with van der Waals surface area (Å²) in [6.07, 6.45) is 4.53. The lowest BCUT2D eigenvalue weighted by Gasteiger charge is -2.05. The maximum Gasteiger partial charge on any atom is 0.224 e. The predicted molar refractivity (Wildman–Crippen MR) is 110 cm³/mol. The number of hydrogen-bond donors (Lipinski definition) is 1. The molecule has 134 valence electrons. The molecule has 3 aromatic heterocycles. The number of carbonyl (C=O) groups is 1. The first-order valence-electron chi connectivity index (χ1n) is 8.43. The smallest absolute Gasteiger partial charge is 0.224 e. The standard InChI is InChI=1S/C20H16N4OS2/c25-18(23-15-6-4-14(5-7-15)19-22-11-12-26-19)9-8-16-13-27-20(24-16)17-3-1-2-10-21-17/h1-7,10-13H,8-9H2,(H,23,25). The number of amides is 1. The molecule has 27 heavy (non-hydrogen) atoms. The average Bonchev–Trinajstić information content (AvgIpc) is 3.40. The molecule has 4 rings (SSSR count). The van der Waals surface area contributed by atoms with Gasteiger partial charge in [-0.25, -0.2) is 9.97 Å². The zero-order valence-corrected chi connectivity index (χ0v) is 16.0. The van der Waals surface area contributed by atoms with Gasteiger partial charge in [0.1, 0.15) is 10.0 Å². The van der Waals surface area contributed by atoms with E-state index in [1.807, 2.05) is 53.2 Å². The molecular weight excluding hydrogens is 376 g/mol. The Bertz CT molecular complexity index is 1010. The van der Waals surface area contributed by atoms with Crippen molar-refractivity contribution < 1.29 is 4.79 Å². The summed E-state index contributed by atoms with van der Waals surface area (Å²) in [4.78, 5) is 25.4. The SMILES string of the molecule is O=C(CCc1csc(-c2ccccn2)n1)Nc1ccc(-c2nccs2)cc1. The molecule has 0 aliphatic heterocycles. The van der Waals surface area contributed by atoms with Gasteiger partial charge in [-0.15, -0.1) is 22.7 Å². The second kappa shape index (κ2) is 8.20. The second-order valence-electron chi connectivity index (χ2n) is 5.82. The molecule has 0 spiro atoms. The van der Waals surface area contributed by atoms with Crippen LogP contribution in [0, 0.1) is 0 Å². The molecule has 0 aliphatic carbocycles. The van der Waals surface area contributed by atoms with E-state index in [-0.39, 0.29) is 5.91 Å². The molecule has 1 amide bonds. The zero-order chi connectivity index (χ0) is 18.5. The fourth-order valence-electron chi connectivity index (χ4n) is 2.56. The molecule has 3 heterocycles. The van der Waals surface area contributed by atoms with E-state index in [9.17, 15) is 4.79 Å². The van der Waals surface area contributed by atoms with Crippen molar-refractivity contribution in [3.8, 4) is 21.3 Å². The number of pyridine rings is 1. The minimum Gasteiger partial charge on any atom is -0.326 e. The number of thiazole rings is 2. The summed E-state index contributed by atoms with van der Waals surface area (Å²) in [7, 11) is 0. The van der Waals surface area contributed by atoms with E-state index >= 15 is 0 Å². The lowest BCUT2D eigenvalue weighted by Crippen LogP contribution is -2.12. The quantitative estimate of drug-likeness (QED) is 0.507. The minimum absolute atomic E-state index is 0.0237. The van der Waals surface area contributed by atoms with Crippen LogP contribution in [-0.2, 0) is 11.2 Å². The molecule has 7 heteroatoms. The highest BCUT2D eigenvalue weighted by Gasteiger charge is 2.09. The summed E-state index contributed by atoms with van der Waals surface area (Å²) in [5.41, 5.74) is 3.61. The fraction of sp³-hybridized carbons (Fsp3) is 0.100. The van der Waals surface area contributed by atoms with Gasteiger partial charge in [0, 0.05) is 40.8 Å². The molecular formula is C20H16N4OS2. The van der Waals surface area contributed by atoms with Gasteiger partial charge in [0.25, 0.3) is 0 Å². The molecule has 0 unspecified atom stereocenters. The number of hydrogen-bond acceptors (Lipinski definition) is 6. The zero-order valence-electron chi connectivity index (χ0n) is 14.3. The van der Waals surface area contributed by atoms with E-state index < -0.39 is 0 Å². The fourth-order valence-corrected chi connectivity index (χ4v) is 4.03. The molecule has 0 atom stereocenters. The van der Waals surface area contributed by atoms with E-state index in [1.54, 1.807) is 35.1 Å². The Morgan fingerprint density at radius 1 is 0.963 bits per heavy atom. The van der Waals surface area contributed by atoms with Crippen molar-refractivity contribution in [2.75, 3.05) is 5.32 Å². The molecule has 1 N–H and O–H groups in total. The van der Waals surface area contributed by atoms with Crippen LogP contribution in [0.25, 0.3) is 21.3 Å². The summed E-state index contributed by atoms with van der Waals surface area (Å²) >= 11 is 3.14. The van der Waals surface area contributed by atoms with Crippen molar-refractivity contribution in [3.63, 3.8) is 0 Å². The van der Waals surface area contributed by atoms with Crippen LogP contribution in [0.1, 0.15) is 12.1 Å². The average molecular weight is 393 g/mol. The van der Waals surface area contributed by atoms with E-state index in [2.05, 4.69) is 20.3 Å². The van der Waals surface area contributed by atoms with Crippen molar-refractivity contribution in [2.24, 2.45) is 0 Å². The van der Waals surface area contributed by atoms with Gasteiger partial charge in [0.15, 0.2) is 0 Å². The maximum absolute atomic E-state index is 12.2. The number of benzene rings is 1. The lowest BCUT2D eigenvalue weighted by molar-refractivity contribution is -0.116. The number of aryl methyl sites for hydroxylation is 1. The van der Waals surface area contributed by atoms with E-state index in [0.717, 1.165) is 32.7 Å². The van der Waals surface area contributed by atoms with Gasteiger partial charge in [-0.3, -0.25) is 9.78 Å². The van der Waals surface area contributed by atoms with Gasteiger partial charge in [-0.05, 0) is 42.8 Å². The summed E-state index contributed by atoms with van der Waals surface area (Å²) < 4.78 is 0. The first kappa shape index (κ1) is 17.5. The van der Waals surface area contributed by atoms with E-state index in [1.165, 1.54) is 0 Å². The third kappa shape index (κ3) is 4.45. The van der Waals surface area contributed by atoms with Crippen molar-refractivity contribution in [1.82, 2.24) is 15.0 Å². The van der Waals surface area contributed by atoms with Crippen molar-refractivity contribution in [2.45, 2.75) is 12.8 Å². The van der Waals surface area contributed by atoms with Gasteiger partial charge < -0.3 is 5.32 Å². The molecule has 0 saturated heterocycles. The molecule has 0 bridgehead atoms. The molecule has 5 nitrogen and oxygen atoms in total. The van der Waals surface area contributed by atoms with Gasteiger partial charge in [0.2, 0.25) is 5.91 Å². The number of nitrogens with zero attached hydrogens (tertiary/aromatic N) is 3. The van der Waals surface area contributed by atoms with Gasteiger partial charge in [-0.2, -0.15) is 0 Å². The first-order valence-corrected chi connectivity index (χ1v) is 10.2. The van der Waals surface area contributed by atoms with Crippen molar-refractivity contribution in [1.29, 1.82) is 0 Å². The molecule has 0 radical (unpaired) electrons. The summed E-state index contributed by atoms with van der Waals surface area (Å²) in [6.45, 7) is 0. The monoisotopic (exact) mass is 392 g/mol. The Morgan fingerprint density at radius 2 is 1.85 bits per heavy atom. The highest BCUT2D eigenvalue weighted by molar-refractivity contribution is 7.13. The Kier molecular flexibility index (Phi) is 5.32. The molecule has 4 aromatic rings. The van der Waals surface area contributed by atoms with E-state index in [4.69, 9.17) is 0 Å². The van der Waals surface area contributed by atoms with Crippen LogP contribution in [0.2, 0.25) is 0 Å². The van der Waals surface area contributed by atoms with Gasteiger partial charge >= 0.3 is 0 Å². The Morgan fingerprint density at radius 3 is 2.59 bits per heavy atom. The summed E-state index contributed by atoms with van der Waals surface area (Å²) in [5.74, 6) is -0.0237. The third-order valence-electron chi connectivity index (χ3n) is 3.89. The van der Waals surface area contributed by atoms with Crippen LogP contribution in [0.3, 0.4) is 0 Å². The van der Waals surface area contributed by atoms with E-state index in [0.29, 0.717) is 12.8 Å². The summed E-state index contributed by atoms with van der Waals surface area (Å²) in [6, 6.07) is 13.5. The number of nitrogens with one attached hydrogen (secondary N) is 1. The van der Waals surface area contributed by atoms with Crippen molar-refractivity contribution in [3.05, 3.63) is 71.3 Å². The molecule has 0 aliphatic rings. The van der Waals surface area contributed by atoms with Crippen LogP contribution in [0.4, 0.5) is 5.69 Å². The second-order valence-corrected chi connectivity index (χ2v) is 7.57. The summed E-state index contributed by atoms with van der Waals surface area (Å²) in [5, 5.41) is 8.71. The minimum atomic E-state index is -0.0237. The molecule has 1 aromatic carbocycles. The van der Waals surface area contributed by atoms with Crippen LogP contribution < -0.4 is 5.32 Å². The van der Waals surface area contributed by atoms with Crippen LogP contribution >= 0.6 is 22.7 Å². The Balaban J connectivity index is 1.32. The van der Waals surface area contributed by atoms with Crippen LogP contribution in [0.5, 0.6) is 0 Å². The molecule has 0 saturated carbocycles.